The number of carbonyl (C=O) groups excluding carboxylic acids is 1. The summed E-state index contributed by atoms with van der Waals surface area (Å²) in [5, 5.41) is 3.22. The van der Waals surface area contributed by atoms with Gasteiger partial charge in [-0.3, -0.25) is 9.10 Å². The predicted molar refractivity (Wildman–Crippen MR) is 122 cm³/mol. The fraction of sp³-hybridized carbons (Fsp3) is 0.174. The summed E-state index contributed by atoms with van der Waals surface area (Å²) < 4.78 is 32.9. The molecule has 3 aromatic carbocycles. The molecule has 0 radical (unpaired) electrons. The highest BCUT2D eigenvalue weighted by Crippen LogP contribution is 2.27. The van der Waals surface area contributed by atoms with Gasteiger partial charge in [0.15, 0.2) is 0 Å². The molecule has 0 aromatic heterocycles. The molecule has 0 spiro atoms. The van der Waals surface area contributed by atoms with E-state index in [1.807, 2.05) is 37.3 Å². The molecule has 0 aliphatic heterocycles. The Morgan fingerprint density at radius 2 is 1.71 bits per heavy atom. The first-order chi connectivity index (χ1) is 14.8. The minimum Gasteiger partial charge on any atom is -0.497 e. The number of sulfonamides is 1. The van der Waals surface area contributed by atoms with Crippen molar-refractivity contribution in [3.05, 3.63) is 89.4 Å². The number of amides is 1. The highest BCUT2D eigenvalue weighted by Gasteiger charge is 2.28. The number of nitrogens with one attached hydrogen (secondary N) is 1. The number of benzene rings is 3. The summed E-state index contributed by atoms with van der Waals surface area (Å²) in [5.41, 5.74) is 1.22. The first kappa shape index (κ1) is 22.7. The molecule has 0 unspecified atom stereocenters. The minimum atomic E-state index is -4.03. The van der Waals surface area contributed by atoms with Gasteiger partial charge in [-0.25, -0.2) is 8.42 Å². The molecule has 6 nitrogen and oxygen atoms in total. The zero-order valence-corrected chi connectivity index (χ0v) is 18.7. The van der Waals surface area contributed by atoms with Crippen LogP contribution in [-0.2, 0) is 14.8 Å². The SMILES string of the molecule is COc1ccc(S(=O)(=O)N(CC(=O)N[C@@H](C)c2ccccc2)c2cccc(Cl)c2)cc1. The van der Waals surface area contributed by atoms with Gasteiger partial charge >= 0.3 is 0 Å². The Bertz CT molecular complexity index is 1140. The maximum absolute atomic E-state index is 13.4. The number of rotatable bonds is 8. The van der Waals surface area contributed by atoms with Gasteiger partial charge < -0.3 is 10.1 Å². The number of nitrogens with zero attached hydrogens (tertiary/aromatic N) is 1. The molecule has 0 aliphatic rings. The van der Waals surface area contributed by atoms with Gasteiger partial charge in [0.1, 0.15) is 12.3 Å². The zero-order chi connectivity index (χ0) is 22.4. The van der Waals surface area contributed by atoms with Crippen molar-refractivity contribution in [3.8, 4) is 5.75 Å². The highest BCUT2D eigenvalue weighted by molar-refractivity contribution is 7.92. The van der Waals surface area contributed by atoms with Gasteiger partial charge in [-0.1, -0.05) is 48.0 Å². The summed E-state index contributed by atoms with van der Waals surface area (Å²) in [5.74, 6) is 0.0936. The topological polar surface area (TPSA) is 75.7 Å². The van der Waals surface area contributed by atoms with Crippen LogP contribution in [0.5, 0.6) is 5.75 Å². The normalized spacial score (nSPS) is 12.1. The molecular formula is C23H23ClN2O4S. The lowest BCUT2D eigenvalue weighted by Gasteiger charge is -2.25. The lowest BCUT2D eigenvalue weighted by molar-refractivity contribution is -0.120. The molecule has 3 aromatic rings. The van der Waals surface area contributed by atoms with Gasteiger partial charge in [-0.2, -0.15) is 0 Å². The third-order valence-corrected chi connectivity index (χ3v) is 6.73. The Labute approximate surface area is 187 Å². The number of methoxy groups -OCH3 is 1. The van der Waals surface area contributed by atoms with Crippen molar-refractivity contribution in [2.24, 2.45) is 0 Å². The van der Waals surface area contributed by atoms with Crippen molar-refractivity contribution in [2.75, 3.05) is 18.0 Å². The average Bonchev–Trinajstić information content (AvgIpc) is 2.78. The van der Waals surface area contributed by atoms with Crippen LogP contribution in [0.4, 0.5) is 5.69 Å². The zero-order valence-electron chi connectivity index (χ0n) is 17.2. The Morgan fingerprint density at radius 1 is 1.03 bits per heavy atom. The number of halogens is 1. The second-order valence-corrected chi connectivity index (χ2v) is 9.17. The monoisotopic (exact) mass is 458 g/mol. The largest absolute Gasteiger partial charge is 0.497 e. The standard InChI is InChI=1S/C23H23ClN2O4S/c1-17(18-7-4-3-5-8-18)25-23(27)16-26(20-10-6-9-19(24)15-20)31(28,29)22-13-11-21(30-2)12-14-22/h3-15,17H,16H2,1-2H3,(H,25,27)/t17-/m0/s1. The van der Waals surface area contributed by atoms with Crippen LogP contribution in [0.3, 0.4) is 0 Å². The van der Waals surface area contributed by atoms with Crippen LogP contribution < -0.4 is 14.4 Å². The van der Waals surface area contributed by atoms with E-state index in [0.717, 1.165) is 9.87 Å². The fourth-order valence-electron chi connectivity index (χ4n) is 3.06. The van der Waals surface area contributed by atoms with Crippen molar-refractivity contribution < 1.29 is 17.9 Å². The molecule has 0 saturated carbocycles. The number of hydrogen-bond acceptors (Lipinski definition) is 4. The highest BCUT2D eigenvalue weighted by atomic mass is 35.5. The molecule has 31 heavy (non-hydrogen) atoms. The maximum Gasteiger partial charge on any atom is 0.264 e. The van der Waals surface area contributed by atoms with Gasteiger partial charge in [-0.15, -0.1) is 0 Å². The number of carbonyl (C=O) groups is 1. The molecular weight excluding hydrogens is 436 g/mol. The molecule has 0 saturated heterocycles. The summed E-state index contributed by atoms with van der Waals surface area (Å²) in [6, 6.07) is 21.5. The van der Waals surface area contributed by atoms with Crippen LogP contribution in [0.2, 0.25) is 5.02 Å². The molecule has 162 valence electrons. The second-order valence-electron chi connectivity index (χ2n) is 6.87. The van der Waals surface area contributed by atoms with Crippen molar-refractivity contribution in [3.63, 3.8) is 0 Å². The summed E-state index contributed by atoms with van der Waals surface area (Å²) in [6.07, 6.45) is 0. The molecule has 0 bridgehead atoms. The van der Waals surface area contributed by atoms with E-state index < -0.39 is 22.5 Å². The van der Waals surface area contributed by atoms with Crippen molar-refractivity contribution in [1.29, 1.82) is 0 Å². The Morgan fingerprint density at radius 3 is 2.32 bits per heavy atom. The lowest BCUT2D eigenvalue weighted by atomic mass is 10.1. The Balaban J connectivity index is 1.90. The quantitative estimate of drug-likeness (QED) is 0.542. The fourth-order valence-corrected chi connectivity index (χ4v) is 4.66. The van der Waals surface area contributed by atoms with Crippen molar-refractivity contribution in [2.45, 2.75) is 17.9 Å². The van der Waals surface area contributed by atoms with Crippen LogP contribution in [0.25, 0.3) is 0 Å². The first-order valence-corrected chi connectivity index (χ1v) is 11.4. The number of ether oxygens (including phenoxy) is 1. The van der Waals surface area contributed by atoms with Gasteiger partial charge in [0.2, 0.25) is 5.91 Å². The molecule has 0 aliphatic carbocycles. The Hall–Kier alpha value is -3.03. The first-order valence-electron chi connectivity index (χ1n) is 9.58. The molecule has 1 N–H and O–H groups in total. The molecule has 3 rings (SSSR count). The van der Waals surface area contributed by atoms with Crippen LogP contribution in [0.15, 0.2) is 83.8 Å². The van der Waals surface area contributed by atoms with Crippen LogP contribution in [0, 0.1) is 0 Å². The van der Waals surface area contributed by atoms with E-state index in [0.29, 0.717) is 16.5 Å². The second kappa shape index (κ2) is 9.85. The van der Waals surface area contributed by atoms with Crippen molar-refractivity contribution in [1.82, 2.24) is 5.32 Å². The van der Waals surface area contributed by atoms with E-state index in [4.69, 9.17) is 16.3 Å². The minimum absolute atomic E-state index is 0.0391. The van der Waals surface area contributed by atoms with Gasteiger partial charge in [-0.05, 0) is 55.0 Å². The molecule has 1 amide bonds. The predicted octanol–water partition coefficient (Wildman–Crippen LogP) is 4.42. The molecule has 0 heterocycles. The van der Waals surface area contributed by atoms with Crippen molar-refractivity contribution >= 4 is 33.2 Å². The summed E-state index contributed by atoms with van der Waals surface area (Å²) >= 11 is 6.09. The van der Waals surface area contributed by atoms with Crippen LogP contribution in [0.1, 0.15) is 18.5 Å². The molecule has 8 heteroatoms. The smallest absolute Gasteiger partial charge is 0.264 e. The third kappa shape index (κ3) is 5.57. The van der Waals surface area contributed by atoms with Gasteiger partial charge in [0.25, 0.3) is 10.0 Å². The Kier molecular flexibility index (Phi) is 7.20. The van der Waals surface area contributed by atoms with E-state index in [1.165, 1.54) is 25.3 Å². The average molecular weight is 459 g/mol. The van der Waals surface area contributed by atoms with E-state index in [-0.39, 0.29) is 10.9 Å². The van der Waals surface area contributed by atoms with Crippen LogP contribution >= 0.6 is 11.6 Å². The number of anilines is 1. The lowest BCUT2D eigenvalue weighted by Crippen LogP contribution is -2.41. The summed E-state index contributed by atoms with van der Waals surface area (Å²) in [6.45, 7) is 1.45. The molecule has 0 fully saturated rings. The molecule has 1 atom stereocenters. The van der Waals surface area contributed by atoms with E-state index >= 15 is 0 Å². The van der Waals surface area contributed by atoms with E-state index in [2.05, 4.69) is 5.32 Å². The van der Waals surface area contributed by atoms with Gasteiger partial charge in [0, 0.05) is 5.02 Å². The summed E-state index contributed by atoms with van der Waals surface area (Å²) in [7, 11) is -2.53. The maximum atomic E-state index is 13.4. The van der Waals surface area contributed by atoms with E-state index in [9.17, 15) is 13.2 Å². The van der Waals surface area contributed by atoms with Crippen LogP contribution in [-0.4, -0.2) is 28.0 Å². The van der Waals surface area contributed by atoms with E-state index in [1.54, 1.807) is 30.3 Å². The van der Waals surface area contributed by atoms with Gasteiger partial charge in [0.05, 0.1) is 23.7 Å². The third-order valence-electron chi connectivity index (χ3n) is 4.71. The summed E-state index contributed by atoms with van der Waals surface area (Å²) in [4.78, 5) is 12.8. The number of hydrogen-bond donors (Lipinski definition) is 1.